The normalized spacial score (nSPS) is 10.4. The van der Waals surface area contributed by atoms with E-state index in [9.17, 15) is 4.79 Å². The molecule has 0 saturated carbocycles. The van der Waals surface area contributed by atoms with Crippen molar-refractivity contribution < 1.29 is 4.74 Å². The molecular weight excluding hydrogens is 272 g/mol. The number of para-hydroxylation sites is 2. The van der Waals surface area contributed by atoms with Crippen LogP contribution in [0.4, 0.5) is 10.8 Å². The Bertz CT molecular complexity index is 814. The van der Waals surface area contributed by atoms with Gasteiger partial charge in [0.2, 0.25) is 0 Å². The number of ether oxygens (including phenoxy) is 1. The Labute approximate surface area is 119 Å². The van der Waals surface area contributed by atoms with Crippen molar-refractivity contribution in [1.82, 2.24) is 4.98 Å². The largest absolute Gasteiger partial charge is 0.495 e. The van der Waals surface area contributed by atoms with E-state index in [1.165, 1.54) is 11.3 Å². The van der Waals surface area contributed by atoms with Gasteiger partial charge in [-0.1, -0.05) is 35.6 Å². The first-order valence-corrected chi connectivity index (χ1v) is 6.89. The molecule has 0 spiro atoms. The maximum Gasteiger partial charge on any atom is 0.281 e. The number of hydrogen-bond acceptors (Lipinski definition) is 5. The zero-order valence-electron chi connectivity index (χ0n) is 10.8. The first-order chi connectivity index (χ1) is 9.78. The van der Waals surface area contributed by atoms with Crippen LogP contribution in [0, 0.1) is 0 Å². The molecule has 1 N–H and O–H groups in total. The van der Waals surface area contributed by atoms with Crippen LogP contribution in [0.2, 0.25) is 0 Å². The molecule has 0 radical (unpaired) electrons. The van der Waals surface area contributed by atoms with E-state index in [0.29, 0.717) is 16.3 Å². The summed E-state index contributed by atoms with van der Waals surface area (Å²) in [6.45, 7) is 0. The second-order valence-corrected chi connectivity index (χ2v) is 5.18. The maximum absolute atomic E-state index is 12.0. The van der Waals surface area contributed by atoms with Gasteiger partial charge in [0.05, 0.1) is 18.2 Å². The predicted octanol–water partition coefficient (Wildman–Crippen LogP) is 3.41. The van der Waals surface area contributed by atoms with Crippen LogP contribution in [0.5, 0.6) is 5.75 Å². The molecule has 20 heavy (non-hydrogen) atoms. The van der Waals surface area contributed by atoms with E-state index in [1.807, 2.05) is 42.5 Å². The molecular formula is C15H12N2O2S. The second kappa shape index (κ2) is 5.30. The lowest BCUT2D eigenvalue weighted by Crippen LogP contribution is -2.07. The van der Waals surface area contributed by atoms with Crippen LogP contribution < -0.4 is 15.6 Å². The molecule has 5 heteroatoms. The van der Waals surface area contributed by atoms with E-state index >= 15 is 0 Å². The third-order valence-electron chi connectivity index (χ3n) is 2.88. The van der Waals surface area contributed by atoms with Crippen molar-refractivity contribution in [3.05, 3.63) is 58.9 Å². The van der Waals surface area contributed by atoms with E-state index in [2.05, 4.69) is 10.3 Å². The van der Waals surface area contributed by atoms with E-state index in [0.717, 1.165) is 10.4 Å². The number of anilines is 2. The first-order valence-electron chi connectivity index (χ1n) is 6.08. The van der Waals surface area contributed by atoms with Crippen LogP contribution in [0.25, 0.3) is 10.1 Å². The minimum absolute atomic E-state index is 0.225. The number of nitrogens with zero attached hydrogens (tertiary/aromatic N) is 1. The van der Waals surface area contributed by atoms with Crippen molar-refractivity contribution in [2.24, 2.45) is 0 Å². The minimum Gasteiger partial charge on any atom is -0.495 e. The van der Waals surface area contributed by atoms with Crippen molar-refractivity contribution in [2.75, 3.05) is 12.4 Å². The van der Waals surface area contributed by atoms with Gasteiger partial charge in [-0.2, -0.15) is 4.98 Å². The van der Waals surface area contributed by atoms with E-state index < -0.39 is 0 Å². The minimum atomic E-state index is -0.225. The van der Waals surface area contributed by atoms with Gasteiger partial charge in [-0.05, 0) is 24.3 Å². The molecule has 0 aliphatic rings. The molecule has 0 saturated heterocycles. The van der Waals surface area contributed by atoms with Gasteiger partial charge in [0.25, 0.3) is 5.56 Å². The van der Waals surface area contributed by atoms with Crippen molar-refractivity contribution in [2.45, 2.75) is 0 Å². The fourth-order valence-electron chi connectivity index (χ4n) is 1.93. The van der Waals surface area contributed by atoms with Crippen LogP contribution in [0.3, 0.4) is 0 Å². The number of benzene rings is 2. The molecule has 2 aromatic carbocycles. The van der Waals surface area contributed by atoms with Crippen LogP contribution in [0.1, 0.15) is 0 Å². The lowest BCUT2D eigenvalue weighted by atomic mass is 10.3. The van der Waals surface area contributed by atoms with Gasteiger partial charge in [0, 0.05) is 4.70 Å². The van der Waals surface area contributed by atoms with Crippen molar-refractivity contribution in [3.63, 3.8) is 0 Å². The molecule has 0 amide bonds. The Morgan fingerprint density at radius 1 is 1.10 bits per heavy atom. The van der Waals surface area contributed by atoms with Gasteiger partial charge < -0.3 is 10.1 Å². The average molecular weight is 284 g/mol. The lowest BCUT2D eigenvalue weighted by molar-refractivity contribution is 0.417. The molecule has 3 rings (SSSR count). The summed E-state index contributed by atoms with van der Waals surface area (Å²) >= 11 is 1.44. The molecule has 1 aromatic heterocycles. The first kappa shape index (κ1) is 12.6. The highest BCUT2D eigenvalue weighted by molar-refractivity contribution is 7.21. The molecule has 4 nitrogen and oxygen atoms in total. The summed E-state index contributed by atoms with van der Waals surface area (Å²) in [6.07, 6.45) is 0. The predicted molar refractivity (Wildman–Crippen MR) is 82.2 cm³/mol. The number of aromatic nitrogens is 1. The lowest BCUT2D eigenvalue weighted by Gasteiger charge is -2.09. The standard InChI is InChI=1S/C15H12N2O2S/c1-19-12-8-4-3-7-11(12)16-15-17-14(18)10-6-2-5-9-13(10)20-15/h2-9H,1H3,(H,16,17,18). The SMILES string of the molecule is COc1ccccc1Nc1nc(=O)c2ccccc2s1. The molecule has 1 heterocycles. The highest BCUT2D eigenvalue weighted by Gasteiger charge is 2.06. The third-order valence-corrected chi connectivity index (χ3v) is 3.84. The Hall–Kier alpha value is -2.40. The Morgan fingerprint density at radius 3 is 2.70 bits per heavy atom. The molecule has 0 aliphatic heterocycles. The number of methoxy groups -OCH3 is 1. The van der Waals surface area contributed by atoms with Crippen LogP contribution in [-0.4, -0.2) is 12.1 Å². The fraction of sp³-hybridized carbons (Fsp3) is 0.0667. The molecule has 0 aliphatic carbocycles. The summed E-state index contributed by atoms with van der Waals surface area (Å²) < 4.78 is 6.18. The summed E-state index contributed by atoms with van der Waals surface area (Å²) in [7, 11) is 1.61. The van der Waals surface area contributed by atoms with Crippen molar-refractivity contribution >= 4 is 32.2 Å². The third kappa shape index (κ3) is 2.35. The Balaban J connectivity index is 2.05. The fourth-order valence-corrected chi connectivity index (χ4v) is 2.84. The average Bonchev–Trinajstić information content (AvgIpc) is 2.48. The number of nitrogens with one attached hydrogen (secondary N) is 1. The van der Waals surface area contributed by atoms with Crippen LogP contribution in [0.15, 0.2) is 53.3 Å². The number of rotatable bonds is 3. The monoisotopic (exact) mass is 284 g/mol. The smallest absolute Gasteiger partial charge is 0.281 e. The van der Waals surface area contributed by atoms with Gasteiger partial charge in [-0.15, -0.1) is 0 Å². The Kier molecular flexibility index (Phi) is 3.35. The zero-order chi connectivity index (χ0) is 13.9. The molecule has 100 valence electrons. The summed E-state index contributed by atoms with van der Waals surface area (Å²) in [5, 5.41) is 4.33. The van der Waals surface area contributed by atoms with Gasteiger partial charge in [-0.25, -0.2) is 0 Å². The van der Waals surface area contributed by atoms with Crippen LogP contribution >= 0.6 is 11.3 Å². The molecule has 0 fully saturated rings. The molecule has 0 atom stereocenters. The summed E-state index contributed by atoms with van der Waals surface area (Å²) in [6, 6.07) is 15.0. The highest BCUT2D eigenvalue weighted by Crippen LogP contribution is 2.29. The summed E-state index contributed by atoms with van der Waals surface area (Å²) in [5.74, 6) is 0.710. The van der Waals surface area contributed by atoms with Crippen molar-refractivity contribution in [3.8, 4) is 5.75 Å². The zero-order valence-corrected chi connectivity index (χ0v) is 11.6. The number of hydrogen-bond donors (Lipinski definition) is 1. The summed E-state index contributed by atoms with van der Waals surface area (Å²) in [5.41, 5.74) is 0.560. The molecule has 3 aromatic rings. The van der Waals surface area contributed by atoms with Gasteiger partial charge in [0.15, 0.2) is 5.13 Å². The topological polar surface area (TPSA) is 51.2 Å². The van der Waals surface area contributed by atoms with Crippen LogP contribution in [-0.2, 0) is 0 Å². The van der Waals surface area contributed by atoms with E-state index in [-0.39, 0.29) is 5.56 Å². The summed E-state index contributed by atoms with van der Waals surface area (Å²) in [4.78, 5) is 16.0. The van der Waals surface area contributed by atoms with Gasteiger partial charge >= 0.3 is 0 Å². The Morgan fingerprint density at radius 2 is 1.85 bits per heavy atom. The van der Waals surface area contributed by atoms with E-state index in [1.54, 1.807) is 13.2 Å². The quantitative estimate of drug-likeness (QED) is 0.800. The van der Waals surface area contributed by atoms with Crippen molar-refractivity contribution in [1.29, 1.82) is 0 Å². The van der Waals surface area contributed by atoms with Gasteiger partial charge in [-0.3, -0.25) is 4.79 Å². The molecule has 0 bridgehead atoms. The van der Waals surface area contributed by atoms with Gasteiger partial charge in [0.1, 0.15) is 5.75 Å². The second-order valence-electron chi connectivity index (χ2n) is 4.15. The number of fused-ring (bicyclic) bond motifs is 1. The highest BCUT2D eigenvalue weighted by atomic mass is 32.1. The molecule has 0 unspecified atom stereocenters. The maximum atomic E-state index is 12.0. The van der Waals surface area contributed by atoms with E-state index in [4.69, 9.17) is 4.74 Å².